The smallest absolute Gasteiger partial charge is 0.00231 e. The fourth-order valence-electron chi connectivity index (χ4n) is 3.46. The van der Waals surface area contributed by atoms with Gasteiger partial charge in [-0.05, 0) is 56.5 Å². The summed E-state index contributed by atoms with van der Waals surface area (Å²) in [6.07, 6.45) is 7.56. The summed E-state index contributed by atoms with van der Waals surface area (Å²) in [6.45, 7) is 3.66. The Kier molecular flexibility index (Phi) is 2.16. The Morgan fingerprint density at radius 2 is 2.08 bits per heavy atom. The van der Waals surface area contributed by atoms with Gasteiger partial charge >= 0.3 is 0 Å². The van der Waals surface area contributed by atoms with E-state index in [0.717, 1.165) is 17.3 Å². The second-order valence-corrected chi connectivity index (χ2v) is 5.18. The molecule has 0 aromatic heterocycles. The van der Waals surface area contributed by atoms with Crippen LogP contribution in [0.4, 0.5) is 0 Å². The standard InChI is InChI=1S/C11H21N/c1-9-3-4-11(5-9)6-10(7-11)8-12-2/h9-10,12H,3-8H2,1-2H3/t9-,10?,11?/m1/s1. The molecule has 0 heterocycles. The first kappa shape index (κ1) is 8.55. The fourth-order valence-corrected chi connectivity index (χ4v) is 3.46. The van der Waals surface area contributed by atoms with Crippen LogP contribution in [-0.2, 0) is 0 Å². The normalized spacial score (nSPS) is 46.5. The van der Waals surface area contributed by atoms with Crippen molar-refractivity contribution in [3.8, 4) is 0 Å². The van der Waals surface area contributed by atoms with Crippen molar-refractivity contribution in [2.75, 3.05) is 13.6 Å². The number of rotatable bonds is 2. The van der Waals surface area contributed by atoms with E-state index >= 15 is 0 Å². The van der Waals surface area contributed by atoms with Crippen LogP contribution in [0, 0.1) is 17.3 Å². The van der Waals surface area contributed by atoms with E-state index in [9.17, 15) is 0 Å². The summed E-state index contributed by atoms with van der Waals surface area (Å²) in [4.78, 5) is 0. The highest BCUT2D eigenvalue weighted by Crippen LogP contribution is 2.57. The molecule has 1 spiro atoms. The Balaban J connectivity index is 1.79. The molecular formula is C11H21N. The third-order valence-corrected chi connectivity index (χ3v) is 3.89. The summed E-state index contributed by atoms with van der Waals surface area (Å²) >= 11 is 0. The summed E-state index contributed by atoms with van der Waals surface area (Å²) in [6, 6.07) is 0. The lowest BCUT2D eigenvalue weighted by atomic mass is 9.60. The SMILES string of the molecule is CNCC1CC2(CC[C@@H](C)C2)C1. The average Bonchev–Trinajstić information content (AvgIpc) is 2.31. The molecule has 0 aromatic rings. The van der Waals surface area contributed by atoms with Crippen LogP contribution in [-0.4, -0.2) is 13.6 Å². The van der Waals surface area contributed by atoms with Gasteiger partial charge in [-0.3, -0.25) is 0 Å². The molecule has 2 rings (SSSR count). The molecule has 0 bridgehead atoms. The maximum Gasteiger partial charge on any atom is -0.00231 e. The molecule has 12 heavy (non-hydrogen) atoms. The van der Waals surface area contributed by atoms with Crippen LogP contribution in [0.1, 0.15) is 39.0 Å². The maximum atomic E-state index is 3.29. The van der Waals surface area contributed by atoms with Crippen molar-refractivity contribution < 1.29 is 0 Å². The molecule has 0 saturated heterocycles. The largest absolute Gasteiger partial charge is 0.319 e. The van der Waals surface area contributed by atoms with E-state index in [0.29, 0.717) is 0 Å². The van der Waals surface area contributed by atoms with E-state index in [1.54, 1.807) is 0 Å². The molecule has 70 valence electrons. The summed E-state index contributed by atoms with van der Waals surface area (Å²) < 4.78 is 0. The number of hydrogen-bond acceptors (Lipinski definition) is 1. The lowest BCUT2D eigenvalue weighted by molar-refractivity contribution is 0.0595. The topological polar surface area (TPSA) is 12.0 Å². The van der Waals surface area contributed by atoms with Crippen molar-refractivity contribution in [2.45, 2.75) is 39.0 Å². The van der Waals surface area contributed by atoms with E-state index in [2.05, 4.69) is 19.3 Å². The van der Waals surface area contributed by atoms with Crippen LogP contribution in [0.5, 0.6) is 0 Å². The molecule has 1 N–H and O–H groups in total. The zero-order chi connectivity index (χ0) is 8.60. The molecule has 0 unspecified atom stereocenters. The highest BCUT2D eigenvalue weighted by atomic mass is 14.8. The van der Waals surface area contributed by atoms with Crippen molar-refractivity contribution in [2.24, 2.45) is 17.3 Å². The van der Waals surface area contributed by atoms with E-state index in [-0.39, 0.29) is 0 Å². The monoisotopic (exact) mass is 167 g/mol. The van der Waals surface area contributed by atoms with Gasteiger partial charge in [-0.2, -0.15) is 0 Å². The van der Waals surface area contributed by atoms with Gasteiger partial charge in [0.05, 0.1) is 0 Å². The summed E-state index contributed by atoms with van der Waals surface area (Å²) in [5.41, 5.74) is 0.820. The molecule has 2 aliphatic carbocycles. The van der Waals surface area contributed by atoms with Gasteiger partial charge in [-0.25, -0.2) is 0 Å². The molecule has 0 radical (unpaired) electrons. The second kappa shape index (κ2) is 3.02. The van der Waals surface area contributed by atoms with Gasteiger partial charge in [0, 0.05) is 0 Å². The molecule has 1 heteroatoms. The summed E-state index contributed by atoms with van der Waals surface area (Å²) in [5.74, 6) is 2.01. The molecule has 2 saturated carbocycles. The van der Waals surface area contributed by atoms with E-state index < -0.39 is 0 Å². The lowest BCUT2D eigenvalue weighted by Crippen LogP contribution is -2.39. The summed E-state index contributed by atoms with van der Waals surface area (Å²) in [5, 5.41) is 3.29. The first-order valence-corrected chi connectivity index (χ1v) is 5.39. The third-order valence-electron chi connectivity index (χ3n) is 3.89. The van der Waals surface area contributed by atoms with Gasteiger partial charge in [0.25, 0.3) is 0 Å². The lowest BCUT2D eigenvalue weighted by Gasteiger charge is -2.46. The van der Waals surface area contributed by atoms with Crippen molar-refractivity contribution in [3.05, 3.63) is 0 Å². The highest BCUT2D eigenvalue weighted by Gasteiger charge is 2.46. The van der Waals surface area contributed by atoms with Crippen LogP contribution in [0.15, 0.2) is 0 Å². The zero-order valence-electron chi connectivity index (χ0n) is 8.40. The van der Waals surface area contributed by atoms with Crippen molar-refractivity contribution in [1.82, 2.24) is 5.32 Å². The molecule has 0 aromatic carbocycles. The van der Waals surface area contributed by atoms with E-state index in [1.807, 2.05) is 0 Å². The van der Waals surface area contributed by atoms with Crippen LogP contribution in [0.25, 0.3) is 0 Å². The molecular weight excluding hydrogens is 146 g/mol. The maximum absolute atomic E-state index is 3.29. The molecule has 1 nitrogen and oxygen atoms in total. The second-order valence-electron chi connectivity index (χ2n) is 5.18. The van der Waals surface area contributed by atoms with Gasteiger partial charge in [0.1, 0.15) is 0 Å². The van der Waals surface area contributed by atoms with Gasteiger partial charge in [-0.1, -0.05) is 13.3 Å². The van der Waals surface area contributed by atoms with Crippen molar-refractivity contribution in [1.29, 1.82) is 0 Å². The fraction of sp³-hybridized carbons (Fsp3) is 1.00. The predicted molar refractivity (Wildman–Crippen MR) is 52.1 cm³/mol. The van der Waals surface area contributed by atoms with Crippen LogP contribution in [0.3, 0.4) is 0 Å². The first-order chi connectivity index (χ1) is 5.74. The minimum atomic E-state index is 0.820. The van der Waals surface area contributed by atoms with E-state index in [1.165, 1.54) is 38.6 Å². The Morgan fingerprint density at radius 3 is 2.58 bits per heavy atom. The van der Waals surface area contributed by atoms with Crippen molar-refractivity contribution >= 4 is 0 Å². The minimum absolute atomic E-state index is 0.820. The molecule has 0 amide bonds. The first-order valence-electron chi connectivity index (χ1n) is 5.39. The Hall–Kier alpha value is -0.0400. The third kappa shape index (κ3) is 1.39. The zero-order valence-corrected chi connectivity index (χ0v) is 8.40. The van der Waals surface area contributed by atoms with Gasteiger partial charge in [0.2, 0.25) is 0 Å². The highest BCUT2D eigenvalue weighted by molar-refractivity contribution is 4.98. The molecule has 2 fully saturated rings. The molecule has 1 atom stereocenters. The quantitative estimate of drug-likeness (QED) is 0.666. The number of nitrogens with one attached hydrogen (secondary N) is 1. The average molecular weight is 167 g/mol. The van der Waals surface area contributed by atoms with Crippen LogP contribution >= 0.6 is 0 Å². The molecule has 2 aliphatic rings. The Labute approximate surface area is 75.9 Å². The van der Waals surface area contributed by atoms with Gasteiger partial charge < -0.3 is 5.32 Å². The number of hydrogen-bond donors (Lipinski definition) is 1. The van der Waals surface area contributed by atoms with Gasteiger partial charge in [0.15, 0.2) is 0 Å². The summed E-state index contributed by atoms with van der Waals surface area (Å²) in [7, 11) is 2.07. The molecule has 0 aliphatic heterocycles. The van der Waals surface area contributed by atoms with E-state index in [4.69, 9.17) is 0 Å². The van der Waals surface area contributed by atoms with Crippen LogP contribution in [0.2, 0.25) is 0 Å². The Bertz CT molecular complexity index is 158. The van der Waals surface area contributed by atoms with Crippen molar-refractivity contribution in [3.63, 3.8) is 0 Å². The minimum Gasteiger partial charge on any atom is -0.319 e. The Morgan fingerprint density at radius 1 is 1.33 bits per heavy atom. The van der Waals surface area contributed by atoms with Crippen LogP contribution < -0.4 is 5.32 Å². The van der Waals surface area contributed by atoms with Gasteiger partial charge in [-0.15, -0.1) is 0 Å². The predicted octanol–water partition coefficient (Wildman–Crippen LogP) is 2.42.